The zero-order valence-electron chi connectivity index (χ0n) is 21.6. The van der Waals surface area contributed by atoms with Crippen LogP contribution in [-0.4, -0.2) is 33.1 Å². The van der Waals surface area contributed by atoms with Crippen molar-refractivity contribution in [2.24, 2.45) is 5.84 Å². The third kappa shape index (κ3) is 5.28. The highest BCUT2D eigenvalue weighted by Crippen LogP contribution is 2.41. The molecule has 0 amide bonds. The van der Waals surface area contributed by atoms with Crippen molar-refractivity contribution in [3.05, 3.63) is 89.5 Å². The topological polar surface area (TPSA) is 75.9 Å². The lowest BCUT2D eigenvalue weighted by molar-refractivity contribution is 0.0417. The minimum Gasteiger partial charge on any atom is -0.491 e. The number of piperidine rings is 1. The van der Waals surface area contributed by atoms with E-state index in [0.717, 1.165) is 48.2 Å². The van der Waals surface area contributed by atoms with Crippen LogP contribution in [0.5, 0.6) is 5.75 Å². The maximum atomic E-state index is 13.4. The molecular weight excluding hydrogens is 470 g/mol. The van der Waals surface area contributed by atoms with E-state index in [2.05, 4.69) is 12.1 Å². The molecule has 6 nitrogen and oxygen atoms in total. The first kappa shape index (κ1) is 26.2. The van der Waals surface area contributed by atoms with E-state index in [1.54, 1.807) is 19.2 Å². The van der Waals surface area contributed by atoms with Crippen LogP contribution in [0, 0.1) is 6.92 Å². The molecule has 192 valence electrons. The summed E-state index contributed by atoms with van der Waals surface area (Å²) >= 11 is 0. The van der Waals surface area contributed by atoms with Crippen molar-refractivity contribution in [3.8, 4) is 5.75 Å². The zero-order chi connectivity index (χ0) is 25.9. The number of sulfonamides is 1. The third-order valence-corrected chi connectivity index (χ3v) is 8.83. The highest BCUT2D eigenvalue weighted by molar-refractivity contribution is 7.92. The average molecular weight is 508 g/mol. The Morgan fingerprint density at radius 2 is 1.72 bits per heavy atom. The highest BCUT2D eigenvalue weighted by atomic mass is 32.2. The van der Waals surface area contributed by atoms with Crippen molar-refractivity contribution in [2.45, 2.75) is 63.0 Å². The summed E-state index contributed by atoms with van der Waals surface area (Å²) in [6.07, 6.45) is 3.64. The number of benzene rings is 3. The standard InChI is InChI=1S/C29H37N3O3S/c1-22(2)35-28-17-14-26(31(4)36(33,34)27-15-12-23(3)13-16-27)20-24(28)21-29(18-8-9-19-32(29)30)25-10-6-5-7-11-25/h5-7,10-17,20,22H,8-9,18-19,21,30H2,1-4H3. The summed E-state index contributed by atoms with van der Waals surface area (Å²) in [5, 5.41) is 1.96. The monoisotopic (exact) mass is 507 g/mol. The second kappa shape index (κ2) is 10.6. The van der Waals surface area contributed by atoms with E-state index in [1.165, 1.54) is 4.31 Å². The van der Waals surface area contributed by atoms with Gasteiger partial charge >= 0.3 is 0 Å². The number of nitrogens with zero attached hydrogens (tertiary/aromatic N) is 2. The second-order valence-corrected chi connectivity index (χ2v) is 11.9. The Balaban J connectivity index is 1.78. The van der Waals surface area contributed by atoms with Crippen molar-refractivity contribution >= 4 is 15.7 Å². The average Bonchev–Trinajstić information content (AvgIpc) is 2.86. The Bertz CT molecular complexity index is 1280. The summed E-state index contributed by atoms with van der Waals surface area (Å²) in [4.78, 5) is 0.265. The smallest absolute Gasteiger partial charge is 0.264 e. The van der Waals surface area contributed by atoms with Crippen molar-refractivity contribution in [2.75, 3.05) is 17.9 Å². The molecule has 1 unspecified atom stereocenters. The number of anilines is 1. The van der Waals surface area contributed by atoms with Crippen LogP contribution in [0.1, 0.15) is 49.8 Å². The molecule has 3 aromatic rings. The number of aryl methyl sites for hydroxylation is 1. The molecule has 2 N–H and O–H groups in total. The van der Waals surface area contributed by atoms with Gasteiger partial charge in [-0.25, -0.2) is 13.4 Å². The fourth-order valence-corrected chi connectivity index (χ4v) is 6.19. The van der Waals surface area contributed by atoms with Gasteiger partial charge in [0.05, 0.1) is 22.2 Å². The molecule has 1 fully saturated rings. The van der Waals surface area contributed by atoms with Crippen LogP contribution in [0.4, 0.5) is 5.69 Å². The summed E-state index contributed by atoms with van der Waals surface area (Å²) in [7, 11) is -2.12. The fraction of sp³-hybridized carbons (Fsp3) is 0.379. The first-order chi connectivity index (χ1) is 17.1. The normalized spacial score (nSPS) is 18.8. The maximum Gasteiger partial charge on any atom is 0.264 e. The fourth-order valence-electron chi connectivity index (χ4n) is 5.00. The SMILES string of the molecule is Cc1ccc(S(=O)(=O)N(C)c2ccc(OC(C)C)c(CC3(c4ccccc4)CCCCN3N)c2)cc1. The molecule has 7 heteroatoms. The molecule has 36 heavy (non-hydrogen) atoms. The van der Waals surface area contributed by atoms with E-state index >= 15 is 0 Å². The predicted molar refractivity (Wildman–Crippen MR) is 146 cm³/mol. The molecule has 1 aliphatic heterocycles. The van der Waals surface area contributed by atoms with E-state index in [0.29, 0.717) is 12.1 Å². The quantitative estimate of drug-likeness (QED) is 0.413. The van der Waals surface area contributed by atoms with Gasteiger partial charge in [0.1, 0.15) is 5.75 Å². The molecule has 3 aromatic carbocycles. The van der Waals surface area contributed by atoms with E-state index in [-0.39, 0.29) is 11.0 Å². The van der Waals surface area contributed by atoms with Crippen LogP contribution in [0.15, 0.2) is 77.7 Å². The van der Waals surface area contributed by atoms with Gasteiger partial charge in [-0.2, -0.15) is 0 Å². The molecule has 0 bridgehead atoms. The number of hydrogen-bond acceptors (Lipinski definition) is 5. The minimum atomic E-state index is -3.72. The summed E-state index contributed by atoms with van der Waals surface area (Å²) in [6, 6.07) is 22.9. The van der Waals surface area contributed by atoms with Gasteiger partial charge in [-0.1, -0.05) is 48.0 Å². The lowest BCUT2D eigenvalue weighted by atomic mass is 9.77. The Morgan fingerprint density at radius 1 is 1.03 bits per heavy atom. The number of rotatable bonds is 8. The van der Waals surface area contributed by atoms with Crippen LogP contribution < -0.4 is 14.9 Å². The van der Waals surface area contributed by atoms with Crippen LogP contribution >= 0.6 is 0 Å². The van der Waals surface area contributed by atoms with Crippen LogP contribution in [0.25, 0.3) is 0 Å². The molecule has 4 rings (SSSR count). The van der Waals surface area contributed by atoms with E-state index in [4.69, 9.17) is 10.6 Å². The number of hydrogen-bond donors (Lipinski definition) is 1. The molecule has 1 aliphatic rings. The Labute approximate surface area is 215 Å². The van der Waals surface area contributed by atoms with Crippen LogP contribution in [0.2, 0.25) is 0 Å². The van der Waals surface area contributed by atoms with Gasteiger partial charge in [-0.3, -0.25) is 10.1 Å². The Hall–Kier alpha value is -2.87. The van der Waals surface area contributed by atoms with Crippen LogP contribution in [0.3, 0.4) is 0 Å². The van der Waals surface area contributed by atoms with Gasteiger partial charge in [-0.15, -0.1) is 0 Å². The molecule has 0 saturated carbocycles. The lowest BCUT2D eigenvalue weighted by Gasteiger charge is -2.45. The Kier molecular flexibility index (Phi) is 7.73. The maximum absolute atomic E-state index is 13.4. The van der Waals surface area contributed by atoms with Gasteiger partial charge in [0.15, 0.2) is 0 Å². The van der Waals surface area contributed by atoms with Gasteiger partial charge in [-0.05, 0) is 87.9 Å². The molecule has 0 spiro atoms. The molecule has 0 aliphatic carbocycles. The Morgan fingerprint density at radius 3 is 2.36 bits per heavy atom. The van der Waals surface area contributed by atoms with E-state index < -0.39 is 15.6 Å². The predicted octanol–water partition coefficient (Wildman–Crippen LogP) is 5.40. The largest absolute Gasteiger partial charge is 0.491 e. The van der Waals surface area contributed by atoms with Gasteiger partial charge < -0.3 is 4.74 Å². The zero-order valence-corrected chi connectivity index (χ0v) is 22.5. The first-order valence-electron chi connectivity index (χ1n) is 12.6. The summed E-state index contributed by atoms with van der Waals surface area (Å²) in [5.41, 5.74) is 3.30. The molecule has 0 aromatic heterocycles. The number of ether oxygens (including phenoxy) is 1. The van der Waals surface area contributed by atoms with Gasteiger partial charge in [0.25, 0.3) is 10.0 Å². The summed E-state index contributed by atoms with van der Waals surface area (Å²) < 4.78 is 34.4. The summed E-state index contributed by atoms with van der Waals surface area (Å²) in [6.45, 7) is 6.73. The number of hydrazine groups is 1. The van der Waals surface area contributed by atoms with Gasteiger partial charge in [0, 0.05) is 13.6 Å². The van der Waals surface area contributed by atoms with Gasteiger partial charge in [0.2, 0.25) is 0 Å². The van der Waals surface area contributed by atoms with Crippen molar-refractivity contribution < 1.29 is 13.2 Å². The molecular formula is C29H37N3O3S. The van der Waals surface area contributed by atoms with E-state index in [9.17, 15) is 8.42 Å². The van der Waals surface area contributed by atoms with E-state index in [1.807, 2.05) is 74.3 Å². The summed E-state index contributed by atoms with van der Waals surface area (Å²) in [5.74, 6) is 7.44. The molecule has 1 heterocycles. The number of nitrogens with two attached hydrogens (primary N) is 1. The van der Waals surface area contributed by atoms with Crippen molar-refractivity contribution in [3.63, 3.8) is 0 Å². The van der Waals surface area contributed by atoms with Crippen molar-refractivity contribution in [1.82, 2.24) is 5.01 Å². The molecule has 0 radical (unpaired) electrons. The molecule has 1 saturated heterocycles. The first-order valence-corrected chi connectivity index (χ1v) is 14.0. The third-order valence-electron chi connectivity index (χ3n) is 7.03. The lowest BCUT2D eigenvalue weighted by Crippen LogP contribution is -2.54. The van der Waals surface area contributed by atoms with Crippen LogP contribution in [-0.2, 0) is 22.0 Å². The highest BCUT2D eigenvalue weighted by Gasteiger charge is 2.40. The molecule has 1 atom stereocenters. The minimum absolute atomic E-state index is 0.0170. The second-order valence-electron chi connectivity index (χ2n) is 9.97. The van der Waals surface area contributed by atoms with Crippen molar-refractivity contribution in [1.29, 1.82) is 0 Å².